The van der Waals surface area contributed by atoms with E-state index >= 15 is 0 Å². The molecule has 0 bridgehead atoms. The van der Waals surface area contributed by atoms with Crippen molar-refractivity contribution in [2.45, 2.75) is 38.6 Å². The average Bonchev–Trinajstić information content (AvgIpc) is 2.43. The second kappa shape index (κ2) is 6.70. The van der Waals surface area contributed by atoms with E-state index in [2.05, 4.69) is 16.9 Å². The van der Waals surface area contributed by atoms with Gasteiger partial charge in [0.1, 0.15) is 0 Å². The van der Waals surface area contributed by atoms with Gasteiger partial charge < -0.3 is 15.4 Å². The fourth-order valence-corrected chi connectivity index (χ4v) is 2.63. The second-order valence-electron chi connectivity index (χ2n) is 5.46. The van der Waals surface area contributed by atoms with Crippen molar-refractivity contribution in [2.24, 2.45) is 0 Å². The fourth-order valence-electron chi connectivity index (χ4n) is 2.63. The van der Waals surface area contributed by atoms with E-state index in [0.29, 0.717) is 29.6 Å². The third-order valence-corrected chi connectivity index (χ3v) is 3.93. The quantitative estimate of drug-likeness (QED) is 0.853. The van der Waals surface area contributed by atoms with Crippen LogP contribution in [0.15, 0.2) is 12.3 Å². The van der Waals surface area contributed by atoms with Crippen molar-refractivity contribution in [1.82, 2.24) is 9.88 Å². The van der Waals surface area contributed by atoms with Crippen molar-refractivity contribution >= 4 is 11.7 Å². The van der Waals surface area contributed by atoms with Gasteiger partial charge in [-0.25, -0.2) is 4.79 Å². The Hall–Kier alpha value is -1.62. The number of nitrogens with two attached hydrogens (primary N) is 1. The first-order valence-electron chi connectivity index (χ1n) is 7.17. The van der Waals surface area contributed by atoms with Crippen LogP contribution in [0, 0.1) is 6.92 Å². The molecule has 20 heavy (non-hydrogen) atoms. The third kappa shape index (κ3) is 3.70. The van der Waals surface area contributed by atoms with Crippen LogP contribution in [0.5, 0.6) is 0 Å². The molecule has 5 heteroatoms. The number of ether oxygens (including phenoxy) is 1. The van der Waals surface area contributed by atoms with Crippen molar-refractivity contribution in [1.29, 1.82) is 0 Å². The van der Waals surface area contributed by atoms with Crippen LogP contribution in [0.1, 0.15) is 41.7 Å². The summed E-state index contributed by atoms with van der Waals surface area (Å²) in [6.45, 7) is 3.36. The van der Waals surface area contributed by atoms with Gasteiger partial charge in [0.2, 0.25) is 0 Å². The Balaban J connectivity index is 1.84. The summed E-state index contributed by atoms with van der Waals surface area (Å²) in [7, 11) is 2.14. The van der Waals surface area contributed by atoms with Gasteiger partial charge in [-0.15, -0.1) is 0 Å². The first-order valence-corrected chi connectivity index (χ1v) is 7.17. The smallest absolute Gasteiger partial charge is 0.340 e. The summed E-state index contributed by atoms with van der Waals surface area (Å²) < 4.78 is 5.35. The number of pyridine rings is 1. The molecule has 1 unspecified atom stereocenters. The highest BCUT2D eigenvalue weighted by atomic mass is 16.5. The van der Waals surface area contributed by atoms with Crippen LogP contribution in [0.3, 0.4) is 0 Å². The highest BCUT2D eigenvalue weighted by molar-refractivity contribution is 5.91. The van der Waals surface area contributed by atoms with Crippen molar-refractivity contribution in [3.8, 4) is 0 Å². The van der Waals surface area contributed by atoms with Crippen molar-refractivity contribution in [3.63, 3.8) is 0 Å². The second-order valence-corrected chi connectivity index (χ2v) is 5.46. The van der Waals surface area contributed by atoms with Crippen LogP contribution in [-0.2, 0) is 4.74 Å². The van der Waals surface area contributed by atoms with Crippen LogP contribution < -0.4 is 5.73 Å². The van der Waals surface area contributed by atoms with Crippen molar-refractivity contribution in [3.05, 3.63) is 23.5 Å². The number of likely N-dealkylation sites (tertiary alicyclic amines) is 1. The summed E-state index contributed by atoms with van der Waals surface area (Å²) in [6, 6.07) is 2.15. The molecule has 5 nitrogen and oxygen atoms in total. The van der Waals surface area contributed by atoms with E-state index < -0.39 is 0 Å². The van der Waals surface area contributed by atoms with E-state index in [-0.39, 0.29) is 5.97 Å². The molecule has 1 aromatic heterocycles. The Morgan fingerprint density at radius 2 is 2.35 bits per heavy atom. The number of nitrogen functional groups attached to an aromatic ring is 1. The van der Waals surface area contributed by atoms with Gasteiger partial charge in [-0.05, 0) is 45.8 Å². The third-order valence-electron chi connectivity index (χ3n) is 3.93. The number of carbonyl (C=O) groups excluding carboxylic acids is 1. The molecule has 2 heterocycles. The number of carbonyl (C=O) groups is 1. The van der Waals surface area contributed by atoms with E-state index in [1.54, 1.807) is 19.2 Å². The summed E-state index contributed by atoms with van der Waals surface area (Å²) in [5, 5.41) is 0. The van der Waals surface area contributed by atoms with Gasteiger partial charge >= 0.3 is 5.97 Å². The molecular formula is C15H23N3O2. The minimum atomic E-state index is -0.333. The van der Waals surface area contributed by atoms with Crippen molar-refractivity contribution in [2.75, 3.05) is 25.9 Å². The molecule has 1 aromatic rings. The van der Waals surface area contributed by atoms with Gasteiger partial charge in [0.25, 0.3) is 0 Å². The number of piperidine rings is 1. The topological polar surface area (TPSA) is 68.4 Å². The first-order chi connectivity index (χ1) is 9.58. The Labute approximate surface area is 120 Å². The van der Waals surface area contributed by atoms with E-state index in [9.17, 15) is 4.79 Å². The molecule has 1 saturated heterocycles. The lowest BCUT2D eigenvalue weighted by atomic mass is 10.0. The summed E-state index contributed by atoms with van der Waals surface area (Å²) in [4.78, 5) is 18.4. The molecule has 2 N–H and O–H groups in total. The molecule has 1 atom stereocenters. The minimum absolute atomic E-state index is 0.333. The number of nitrogens with zero attached hydrogens (tertiary/aromatic N) is 2. The molecular weight excluding hydrogens is 254 g/mol. The zero-order valence-corrected chi connectivity index (χ0v) is 12.3. The molecule has 0 amide bonds. The van der Waals surface area contributed by atoms with E-state index in [1.807, 2.05) is 0 Å². The van der Waals surface area contributed by atoms with Crippen LogP contribution >= 0.6 is 0 Å². The van der Waals surface area contributed by atoms with Gasteiger partial charge in [0.15, 0.2) is 0 Å². The number of aromatic nitrogens is 1. The summed E-state index contributed by atoms with van der Waals surface area (Å²) in [5.41, 5.74) is 7.25. The zero-order chi connectivity index (χ0) is 14.5. The van der Waals surface area contributed by atoms with Gasteiger partial charge in [-0.2, -0.15) is 0 Å². The van der Waals surface area contributed by atoms with E-state index in [1.165, 1.54) is 19.3 Å². The highest BCUT2D eigenvalue weighted by Gasteiger charge is 2.19. The number of aryl methyl sites for hydroxylation is 1. The Bertz CT molecular complexity index is 476. The van der Waals surface area contributed by atoms with Gasteiger partial charge in [0, 0.05) is 6.04 Å². The van der Waals surface area contributed by atoms with Gasteiger partial charge in [0.05, 0.1) is 29.7 Å². The average molecular weight is 277 g/mol. The maximum Gasteiger partial charge on any atom is 0.340 e. The summed E-state index contributed by atoms with van der Waals surface area (Å²) >= 11 is 0. The molecule has 1 aliphatic rings. The molecule has 1 fully saturated rings. The fraction of sp³-hybridized carbons (Fsp3) is 0.600. The number of rotatable bonds is 4. The number of hydrogen-bond acceptors (Lipinski definition) is 5. The largest absolute Gasteiger partial charge is 0.462 e. The monoisotopic (exact) mass is 277 g/mol. The van der Waals surface area contributed by atoms with Crippen molar-refractivity contribution < 1.29 is 9.53 Å². The minimum Gasteiger partial charge on any atom is -0.462 e. The van der Waals surface area contributed by atoms with Crippen LogP contribution in [0.4, 0.5) is 5.69 Å². The molecule has 0 saturated carbocycles. The predicted molar refractivity (Wildman–Crippen MR) is 78.6 cm³/mol. The molecule has 1 aliphatic heterocycles. The lowest BCUT2D eigenvalue weighted by molar-refractivity contribution is 0.0449. The molecule has 2 rings (SSSR count). The summed E-state index contributed by atoms with van der Waals surface area (Å²) in [6.07, 6.45) is 6.15. The molecule has 0 aliphatic carbocycles. The Kier molecular flexibility index (Phi) is 4.95. The van der Waals surface area contributed by atoms with Crippen LogP contribution in [0.25, 0.3) is 0 Å². The maximum atomic E-state index is 12.0. The highest BCUT2D eigenvalue weighted by Crippen LogP contribution is 2.18. The number of anilines is 1. The maximum absolute atomic E-state index is 12.0. The number of hydrogen-bond donors (Lipinski definition) is 1. The van der Waals surface area contributed by atoms with Gasteiger partial charge in [-0.3, -0.25) is 4.98 Å². The molecule has 0 radical (unpaired) electrons. The lowest BCUT2D eigenvalue weighted by Gasteiger charge is -2.32. The molecule has 0 aromatic carbocycles. The Morgan fingerprint density at radius 3 is 3.10 bits per heavy atom. The normalized spacial score (nSPS) is 19.8. The van der Waals surface area contributed by atoms with E-state index in [4.69, 9.17) is 10.5 Å². The van der Waals surface area contributed by atoms with Gasteiger partial charge in [-0.1, -0.05) is 6.42 Å². The van der Waals surface area contributed by atoms with Crippen LogP contribution in [-0.4, -0.2) is 42.1 Å². The molecule has 0 spiro atoms. The predicted octanol–water partition coefficient (Wildman–Crippen LogP) is 2.00. The number of esters is 1. The van der Waals surface area contributed by atoms with E-state index in [0.717, 1.165) is 13.0 Å². The Morgan fingerprint density at radius 1 is 1.55 bits per heavy atom. The standard InChI is InChI=1S/C15H23N3O2/c1-11-14(9-12(16)10-17-11)15(19)20-8-6-13-5-3-4-7-18(13)2/h9-10,13H,3-8,16H2,1-2H3. The SMILES string of the molecule is Cc1ncc(N)cc1C(=O)OCCC1CCCCN1C. The first kappa shape index (κ1) is 14.8. The van der Waals surface area contributed by atoms with Crippen LogP contribution in [0.2, 0.25) is 0 Å². The lowest BCUT2D eigenvalue weighted by Crippen LogP contribution is -2.37. The zero-order valence-electron chi connectivity index (χ0n) is 12.3. The molecule has 110 valence electrons. The summed E-state index contributed by atoms with van der Waals surface area (Å²) in [5.74, 6) is -0.333.